The van der Waals surface area contributed by atoms with E-state index in [4.69, 9.17) is 4.74 Å². The Hall–Kier alpha value is -2.82. The fraction of sp³-hybridized carbons (Fsp3) is 0.333. The summed E-state index contributed by atoms with van der Waals surface area (Å²) in [6.45, 7) is 2.86. The van der Waals surface area contributed by atoms with Crippen LogP contribution in [0.5, 0.6) is 0 Å². The third-order valence-electron chi connectivity index (χ3n) is 5.52. The van der Waals surface area contributed by atoms with E-state index in [0.29, 0.717) is 11.1 Å². The van der Waals surface area contributed by atoms with Gasteiger partial charge in [-0.05, 0) is 49.1 Å². The van der Waals surface area contributed by atoms with Gasteiger partial charge >= 0.3 is 5.97 Å². The number of hydrogen-bond acceptors (Lipinski definition) is 4. The molecule has 1 fully saturated rings. The SMILES string of the molecule is COC(=O)c1ccc(C(C)NC(=O)c2cccc3c2NCC32CC2)cc1. The lowest BCUT2D eigenvalue weighted by Gasteiger charge is -2.16. The molecule has 2 N–H and O–H groups in total. The maximum Gasteiger partial charge on any atom is 0.337 e. The molecule has 1 amide bonds. The van der Waals surface area contributed by atoms with Gasteiger partial charge in [0, 0.05) is 12.0 Å². The maximum absolute atomic E-state index is 12.8. The summed E-state index contributed by atoms with van der Waals surface area (Å²) in [6.07, 6.45) is 2.39. The first-order valence-corrected chi connectivity index (χ1v) is 8.90. The second-order valence-corrected chi connectivity index (χ2v) is 7.17. The number of methoxy groups -OCH3 is 1. The molecule has 0 bridgehead atoms. The number of carbonyl (C=O) groups excluding carboxylic acids is 2. The predicted molar refractivity (Wildman–Crippen MR) is 99.5 cm³/mol. The monoisotopic (exact) mass is 350 g/mol. The molecule has 2 aliphatic rings. The largest absolute Gasteiger partial charge is 0.465 e. The first kappa shape index (κ1) is 16.6. The van der Waals surface area contributed by atoms with Crippen LogP contribution < -0.4 is 10.6 Å². The smallest absolute Gasteiger partial charge is 0.337 e. The van der Waals surface area contributed by atoms with Crippen molar-refractivity contribution in [3.8, 4) is 0 Å². The van der Waals surface area contributed by atoms with Crippen molar-refractivity contribution in [2.75, 3.05) is 19.0 Å². The van der Waals surface area contributed by atoms with E-state index in [1.807, 2.05) is 31.2 Å². The Morgan fingerprint density at radius 2 is 1.88 bits per heavy atom. The minimum Gasteiger partial charge on any atom is -0.465 e. The topological polar surface area (TPSA) is 67.4 Å². The Labute approximate surface area is 152 Å². The summed E-state index contributed by atoms with van der Waals surface area (Å²) in [5.41, 5.74) is 4.65. The average molecular weight is 350 g/mol. The van der Waals surface area contributed by atoms with E-state index >= 15 is 0 Å². The van der Waals surface area contributed by atoms with Crippen LogP contribution in [0.2, 0.25) is 0 Å². The normalized spacial score (nSPS) is 17.2. The van der Waals surface area contributed by atoms with Crippen LogP contribution in [0.25, 0.3) is 0 Å². The number of esters is 1. The molecule has 5 nitrogen and oxygen atoms in total. The van der Waals surface area contributed by atoms with Crippen molar-refractivity contribution in [3.63, 3.8) is 0 Å². The van der Waals surface area contributed by atoms with Gasteiger partial charge in [-0.1, -0.05) is 24.3 Å². The summed E-state index contributed by atoms with van der Waals surface area (Å²) in [7, 11) is 1.36. The van der Waals surface area contributed by atoms with Crippen molar-refractivity contribution in [2.24, 2.45) is 0 Å². The molecule has 1 aliphatic carbocycles. The van der Waals surface area contributed by atoms with Crippen molar-refractivity contribution >= 4 is 17.6 Å². The predicted octanol–water partition coefficient (Wildman–Crippen LogP) is 3.42. The van der Waals surface area contributed by atoms with E-state index in [1.165, 1.54) is 25.5 Å². The first-order chi connectivity index (χ1) is 12.5. The van der Waals surface area contributed by atoms with Crippen LogP contribution in [0, 0.1) is 0 Å². The summed E-state index contributed by atoms with van der Waals surface area (Å²) >= 11 is 0. The molecule has 1 spiro atoms. The van der Waals surface area contributed by atoms with E-state index in [1.54, 1.807) is 12.1 Å². The van der Waals surface area contributed by atoms with Gasteiger partial charge < -0.3 is 15.4 Å². The fourth-order valence-corrected chi connectivity index (χ4v) is 3.71. The van der Waals surface area contributed by atoms with Gasteiger partial charge in [-0.3, -0.25) is 4.79 Å². The number of para-hydroxylation sites is 1. The molecule has 2 aromatic carbocycles. The summed E-state index contributed by atoms with van der Waals surface area (Å²) < 4.78 is 4.71. The zero-order chi connectivity index (χ0) is 18.3. The highest BCUT2D eigenvalue weighted by Crippen LogP contribution is 2.54. The van der Waals surface area contributed by atoms with Gasteiger partial charge in [-0.2, -0.15) is 0 Å². The molecular formula is C21H22N2O3. The number of nitrogens with one attached hydrogen (secondary N) is 2. The summed E-state index contributed by atoms with van der Waals surface area (Å²) in [5, 5.41) is 6.49. The molecule has 0 aromatic heterocycles. The Balaban J connectivity index is 1.50. The molecule has 4 rings (SSSR count). The van der Waals surface area contributed by atoms with Gasteiger partial charge in [-0.15, -0.1) is 0 Å². The Morgan fingerprint density at radius 3 is 2.54 bits per heavy atom. The molecule has 134 valence electrons. The van der Waals surface area contributed by atoms with Crippen LogP contribution >= 0.6 is 0 Å². The van der Waals surface area contributed by atoms with E-state index < -0.39 is 0 Å². The van der Waals surface area contributed by atoms with E-state index in [-0.39, 0.29) is 23.3 Å². The van der Waals surface area contributed by atoms with E-state index in [9.17, 15) is 9.59 Å². The molecule has 1 atom stereocenters. The lowest BCUT2D eigenvalue weighted by molar-refractivity contribution is 0.0600. The molecule has 1 unspecified atom stereocenters. The Morgan fingerprint density at radius 1 is 1.15 bits per heavy atom. The molecule has 5 heteroatoms. The third-order valence-corrected chi connectivity index (χ3v) is 5.52. The minimum absolute atomic E-state index is 0.0865. The zero-order valence-electron chi connectivity index (χ0n) is 15.0. The highest BCUT2D eigenvalue weighted by atomic mass is 16.5. The number of rotatable bonds is 4. The molecule has 1 saturated carbocycles. The minimum atomic E-state index is -0.367. The standard InChI is InChI=1S/C21H22N2O3/c1-13(14-6-8-15(9-7-14)20(25)26-2)23-19(24)16-4-3-5-17-18(16)22-12-21(17)10-11-21/h3-9,13,22H,10-12H2,1-2H3,(H,23,24). The summed E-state index contributed by atoms with van der Waals surface area (Å²) in [5.74, 6) is -0.454. The highest BCUT2D eigenvalue weighted by Gasteiger charge is 2.49. The average Bonchev–Trinajstić information content (AvgIpc) is 3.36. The number of carbonyl (C=O) groups is 2. The number of ether oxygens (including phenoxy) is 1. The van der Waals surface area contributed by atoms with Gasteiger partial charge in [0.05, 0.1) is 30.0 Å². The molecule has 26 heavy (non-hydrogen) atoms. The van der Waals surface area contributed by atoms with E-state index in [2.05, 4.69) is 16.7 Å². The van der Waals surface area contributed by atoms with Crippen LogP contribution in [0.1, 0.15) is 57.7 Å². The fourth-order valence-electron chi connectivity index (χ4n) is 3.71. The molecule has 1 aliphatic heterocycles. The zero-order valence-corrected chi connectivity index (χ0v) is 15.0. The Kier molecular flexibility index (Phi) is 3.94. The number of benzene rings is 2. The van der Waals surface area contributed by atoms with Crippen LogP contribution in [0.3, 0.4) is 0 Å². The van der Waals surface area contributed by atoms with Crippen LogP contribution in [0.4, 0.5) is 5.69 Å². The quantitative estimate of drug-likeness (QED) is 0.829. The van der Waals surface area contributed by atoms with Crippen molar-refractivity contribution in [1.82, 2.24) is 5.32 Å². The van der Waals surface area contributed by atoms with Crippen molar-refractivity contribution in [1.29, 1.82) is 0 Å². The lowest BCUT2D eigenvalue weighted by atomic mass is 9.96. The molecule has 0 radical (unpaired) electrons. The van der Waals surface area contributed by atoms with Gasteiger partial charge in [-0.25, -0.2) is 4.79 Å². The number of anilines is 1. The van der Waals surface area contributed by atoms with Crippen molar-refractivity contribution in [3.05, 3.63) is 64.7 Å². The van der Waals surface area contributed by atoms with Crippen molar-refractivity contribution < 1.29 is 14.3 Å². The maximum atomic E-state index is 12.8. The molecule has 1 heterocycles. The number of amides is 1. The van der Waals surface area contributed by atoms with Crippen LogP contribution in [-0.2, 0) is 10.2 Å². The van der Waals surface area contributed by atoms with Gasteiger partial charge in [0.25, 0.3) is 5.91 Å². The molecule has 0 saturated heterocycles. The second kappa shape index (κ2) is 6.16. The van der Waals surface area contributed by atoms with Crippen LogP contribution in [-0.4, -0.2) is 25.5 Å². The van der Waals surface area contributed by atoms with Crippen molar-refractivity contribution in [2.45, 2.75) is 31.2 Å². The van der Waals surface area contributed by atoms with E-state index in [0.717, 1.165) is 17.8 Å². The summed E-state index contributed by atoms with van der Waals surface area (Å²) in [4.78, 5) is 24.3. The third kappa shape index (κ3) is 2.73. The van der Waals surface area contributed by atoms with Crippen LogP contribution in [0.15, 0.2) is 42.5 Å². The molecular weight excluding hydrogens is 328 g/mol. The van der Waals surface area contributed by atoms with Gasteiger partial charge in [0.2, 0.25) is 0 Å². The number of fused-ring (bicyclic) bond motifs is 2. The molecule has 2 aromatic rings. The highest BCUT2D eigenvalue weighted by molar-refractivity contribution is 6.01. The number of hydrogen-bond donors (Lipinski definition) is 2. The Bertz CT molecular complexity index is 869. The van der Waals surface area contributed by atoms with Gasteiger partial charge in [0.1, 0.15) is 0 Å². The lowest BCUT2D eigenvalue weighted by Crippen LogP contribution is -2.27. The summed E-state index contributed by atoms with van der Waals surface area (Å²) in [6, 6.07) is 12.9. The van der Waals surface area contributed by atoms with Gasteiger partial charge in [0.15, 0.2) is 0 Å². The second-order valence-electron chi connectivity index (χ2n) is 7.17. The first-order valence-electron chi connectivity index (χ1n) is 8.90.